The summed E-state index contributed by atoms with van der Waals surface area (Å²) in [5.41, 5.74) is -0.663. The lowest BCUT2D eigenvalue weighted by atomic mass is 10.1. The molecule has 6 nitrogen and oxygen atoms in total. The fraction of sp³-hybridized carbons (Fsp3) is 0.917. The number of carbonyl (C=O) groups is 1. The highest BCUT2D eigenvalue weighted by Gasteiger charge is 2.69. The van der Waals surface area contributed by atoms with E-state index in [0.717, 1.165) is 0 Å². The molecule has 1 aliphatic rings. The fourth-order valence-electron chi connectivity index (χ4n) is 2.60. The van der Waals surface area contributed by atoms with Crippen LogP contribution in [0.5, 0.6) is 0 Å². The average molecular weight is 398 g/mol. The number of carboxylic acids is 1. The number of aliphatic carboxylic acids is 1. The Balaban J connectivity index is 3.06. The van der Waals surface area contributed by atoms with Crippen molar-refractivity contribution in [3.63, 3.8) is 0 Å². The molecule has 0 saturated heterocycles. The summed E-state index contributed by atoms with van der Waals surface area (Å²) in [4.78, 5) is 11.3. The minimum absolute atomic E-state index is 0.0697. The Morgan fingerprint density at radius 2 is 1.73 bits per heavy atom. The number of alkyl halides is 3. The third kappa shape index (κ3) is 4.50. The van der Waals surface area contributed by atoms with E-state index in [2.05, 4.69) is 0 Å². The summed E-state index contributed by atoms with van der Waals surface area (Å²) in [6.45, 7) is 6.80. The molecule has 0 heterocycles. The van der Waals surface area contributed by atoms with Gasteiger partial charge in [0.25, 0.3) is 0 Å². The van der Waals surface area contributed by atoms with Gasteiger partial charge in [-0.25, -0.2) is 4.57 Å². The van der Waals surface area contributed by atoms with Crippen LogP contribution in [0.15, 0.2) is 0 Å². The number of hydrogen-bond donors (Lipinski definition) is 1. The molecular formula is C12H20Cl3O6P. The van der Waals surface area contributed by atoms with Crippen LogP contribution in [-0.4, -0.2) is 34.2 Å². The first-order valence-electron chi connectivity index (χ1n) is 6.77. The van der Waals surface area contributed by atoms with Crippen molar-refractivity contribution in [3.8, 4) is 0 Å². The summed E-state index contributed by atoms with van der Waals surface area (Å²) in [6.07, 6.45) is -1.24. The van der Waals surface area contributed by atoms with Gasteiger partial charge in [-0.2, -0.15) is 0 Å². The van der Waals surface area contributed by atoms with Crippen LogP contribution in [0.2, 0.25) is 0 Å². The predicted molar refractivity (Wildman–Crippen MR) is 84.4 cm³/mol. The number of phosphoric ester groups is 1. The molecule has 0 aromatic carbocycles. The molecular weight excluding hydrogens is 377 g/mol. The van der Waals surface area contributed by atoms with Crippen LogP contribution < -0.4 is 0 Å². The summed E-state index contributed by atoms with van der Waals surface area (Å²) in [5, 5.41) is 9.26. The van der Waals surface area contributed by atoms with Gasteiger partial charge in [0.15, 0.2) is 0 Å². The quantitative estimate of drug-likeness (QED) is 0.486. The van der Waals surface area contributed by atoms with Gasteiger partial charge in [-0.3, -0.25) is 18.4 Å². The zero-order valence-electron chi connectivity index (χ0n) is 12.7. The highest BCUT2D eigenvalue weighted by Crippen LogP contribution is 2.66. The first-order chi connectivity index (χ1) is 9.90. The molecule has 0 aromatic heterocycles. The van der Waals surface area contributed by atoms with Crippen LogP contribution in [0.3, 0.4) is 0 Å². The van der Waals surface area contributed by atoms with Gasteiger partial charge >= 0.3 is 13.8 Å². The van der Waals surface area contributed by atoms with Gasteiger partial charge in [-0.05, 0) is 19.3 Å². The molecule has 130 valence electrons. The molecule has 1 aliphatic carbocycles. The van der Waals surface area contributed by atoms with Gasteiger partial charge < -0.3 is 5.11 Å². The van der Waals surface area contributed by atoms with Gasteiger partial charge in [-0.1, -0.05) is 48.7 Å². The van der Waals surface area contributed by atoms with Crippen LogP contribution >= 0.6 is 42.6 Å². The van der Waals surface area contributed by atoms with E-state index in [1.807, 2.05) is 0 Å². The maximum atomic E-state index is 12.5. The molecule has 0 aliphatic heterocycles. The van der Waals surface area contributed by atoms with Crippen molar-refractivity contribution >= 4 is 48.6 Å². The van der Waals surface area contributed by atoms with Crippen molar-refractivity contribution < 1.29 is 28.0 Å². The lowest BCUT2D eigenvalue weighted by Crippen LogP contribution is -2.33. The Bertz CT molecular complexity index is 454. The fourth-order valence-corrected chi connectivity index (χ4v) is 4.72. The summed E-state index contributed by atoms with van der Waals surface area (Å²) in [7, 11) is -3.95. The molecule has 3 unspecified atom stereocenters. The Morgan fingerprint density at radius 3 is 2.00 bits per heavy atom. The predicted octanol–water partition coefficient (Wildman–Crippen LogP) is 4.28. The second kappa shape index (κ2) is 7.14. The number of halogens is 3. The van der Waals surface area contributed by atoms with Crippen LogP contribution in [-0.2, 0) is 22.9 Å². The first kappa shape index (κ1) is 20.5. The van der Waals surface area contributed by atoms with Gasteiger partial charge in [-0.15, -0.1) is 0 Å². The number of hydrogen-bond acceptors (Lipinski definition) is 5. The van der Waals surface area contributed by atoms with Crippen molar-refractivity contribution in [2.24, 2.45) is 17.3 Å². The van der Waals surface area contributed by atoms with Crippen LogP contribution in [0.25, 0.3) is 0 Å². The number of carboxylic acid groups (broad SMARTS) is 1. The molecule has 0 radical (unpaired) electrons. The second-order valence-electron chi connectivity index (χ2n) is 5.51. The number of phosphoric acid groups is 1. The molecule has 10 heteroatoms. The smallest absolute Gasteiger partial charge is 0.475 e. The van der Waals surface area contributed by atoms with E-state index in [0.29, 0.717) is 0 Å². The van der Waals surface area contributed by atoms with Gasteiger partial charge in [0.05, 0.1) is 19.1 Å². The maximum absolute atomic E-state index is 12.5. The van der Waals surface area contributed by atoms with Crippen molar-refractivity contribution in [3.05, 3.63) is 0 Å². The number of rotatable bonds is 8. The third-order valence-electron chi connectivity index (χ3n) is 3.64. The summed E-state index contributed by atoms with van der Waals surface area (Å²) >= 11 is 17.8. The van der Waals surface area contributed by atoms with Crippen molar-refractivity contribution in [2.75, 3.05) is 13.2 Å². The van der Waals surface area contributed by atoms with Crippen molar-refractivity contribution in [1.29, 1.82) is 0 Å². The zero-order valence-corrected chi connectivity index (χ0v) is 15.9. The van der Waals surface area contributed by atoms with E-state index in [4.69, 9.17) is 48.4 Å². The zero-order chi connectivity index (χ0) is 17.3. The normalized spacial score (nSPS) is 25.8. The molecule has 0 amide bonds. The molecule has 3 atom stereocenters. The van der Waals surface area contributed by atoms with E-state index in [1.54, 1.807) is 27.7 Å². The summed E-state index contributed by atoms with van der Waals surface area (Å²) < 4.78 is 25.9. The highest BCUT2D eigenvalue weighted by atomic mass is 35.6. The van der Waals surface area contributed by atoms with Gasteiger partial charge in [0.2, 0.25) is 3.79 Å². The average Bonchev–Trinajstić information content (AvgIpc) is 2.88. The van der Waals surface area contributed by atoms with Gasteiger partial charge in [0.1, 0.15) is 6.10 Å². The molecule has 22 heavy (non-hydrogen) atoms. The topological polar surface area (TPSA) is 82.1 Å². The first-order valence-corrected chi connectivity index (χ1v) is 9.37. The maximum Gasteiger partial charge on any atom is 0.475 e. The molecule has 1 rings (SSSR count). The van der Waals surface area contributed by atoms with E-state index in [1.165, 1.54) is 0 Å². The lowest BCUT2D eigenvalue weighted by molar-refractivity contribution is -0.139. The molecule has 1 N–H and O–H groups in total. The van der Waals surface area contributed by atoms with E-state index in [-0.39, 0.29) is 13.2 Å². The Labute approximate surface area is 145 Å². The van der Waals surface area contributed by atoms with Crippen molar-refractivity contribution in [1.82, 2.24) is 0 Å². The monoisotopic (exact) mass is 396 g/mol. The lowest BCUT2D eigenvalue weighted by Gasteiger charge is -2.29. The van der Waals surface area contributed by atoms with Crippen LogP contribution in [0.1, 0.15) is 27.7 Å². The van der Waals surface area contributed by atoms with Crippen LogP contribution in [0.4, 0.5) is 0 Å². The van der Waals surface area contributed by atoms with Gasteiger partial charge in [0, 0.05) is 5.92 Å². The highest BCUT2D eigenvalue weighted by molar-refractivity contribution is 7.48. The molecule has 1 fully saturated rings. The SMILES string of the molecule is CCOP(=O)(OCC)OC(C1C(C(=O)O)C1(C)C)C(Cl)(Cl)Cl. The minimum Gasteiger partial charge on any atom is -0.481 e. The molecule has 0 spiro atoms. The standard InChI is InChI=1S/C12H20Cl3O6P/c1-5-19-22(18,20-6-2)21-9(12(13,14)15)7-8(10(16)17)11(7,3)4/h7-9H,5-6H2,1-4H3,(H,16,17). The van der Waals surface area contributed by atoms with E-state index in [9.17, 15) is 14.5 Å². The molecule has 0 bridgehead atoms. The molecule has 0 aromatic rings. The third-order valence-corrected chi connectivity index (χ3v) is 5.92. The minimum atomic E-state index is -3.95. The van der Waals surface area contributed by atoms with E-state index < -0.39 is 40.9 Å². The molecule has 1 saturated carbocycles. The van der Waals surface area contributed by atoms with Crippen LogP contribution in [0, 0.1) is 17.3 Å². The Kier molecular flexibility index (Phi) is 6.65. The van der Waals surface area contributed by atoms with E-state index >= 15 is 0 Å². The summed E-state index contributed by atoms with van der Waals surface area (Å²) in [5.74, 6) is -2.43. The van der Waals surface area contributed by atoms with Crippen molar-refractivity contribution in [2.45, 2.75) is 37.6 Å². The Morgan fingerprint density at radius 1 is 1.27 bits per heavy atom. The largest absolute Gasteiger partial charge is 0.481 e. The second-order valence-corrected chi connectivity index (χ2v) is 9.50. The Hall–Kier alpha value is 0.450. The summed E-state index contributed by atoms with van der Waals surface area (Å²) in [6, 6.07) is 0.